The topological polar surface area (TPSA) is 38.5 Å². The summed E-state index contributed by atoms with van der Waals surface area (Å²) in [6.07, 6.45) is 3.39. The lowest BCUT2D eigenvalue weighted by Crippen LogP contribution is -2.43. The fraction of sp³-hybridized carbons (Fsp3) is 0.714. The van der Waals surface area contributed by atoms with Crippen LogP contribution in [-0.4, -0.2) is 37.7 Å². The third kappa shape index (κ3) is 2.94. The SMILES string of the molecule is COCC(CCCN)N1CCc2sccc2C1C. The molecule has 102 valence electrons. The number of nitrogens with zero attached hydrogens (tertiary/aromatic N) is 1. The van der Waals surface area contributed by atoms with Gasteiger partial charge in [0.2, 0.25) is 0 Å². The van der Waals surface area contributed by atoms with Crippen molar-refractivity contribution in [2.45, 2.75) is 38.3 Å². The Balaban J connectivity index is 2.07. The van der Waals surface area contributed by atoms with Gasteiger partial charge in [-0.05, 0) is 49.7 Å². The van der Waals surface area contributed by atoms with E-state index in [1.807, 2.05) is 11.3 Å². The van der Waals surface area contributed by atoms with Gasteiger partial charge in [-0.15, -0.1) is 11.3 Å². The second-order valence-corrected chi connectivity index (χ2v) is 6.00. The second kappa shape index (κ2) is 6.66. The van der Waals surface area contributed by atoms with E-state index in [9.17, 15) is 0 Å². The van der Waals surface area contributed by atoms with Crippen molar-refractivity contribution in [3.63, 3.8) is 0 Å². The van der Waals surface area contributed by atoms with Gasteiger partial charge >= 0.3 is 0 Å². The van der Waals surface area contributed by atoms with Crippen molar-refractivity contribution in [3.8, 4) is 0 Å². The summed E-state index contributed by atoms with van der Waals surface area (Å²) >= 11 is 1.90. The van der Waals surface area contributed by atoms with Crippen LogP contribution in [0.4, 0.5) is 0 Å². The van der Waals surface area contributed by atoms with Gasteiger partial charge in [0, 0.05) is 30.6 Å². The van der Waals surface area contributed by atoms with Gasteiger partial charge in [0.05, 0.1) is 6.61 Å². The van der Waals surface area contributed by atoms with Crippen LogP contribution in [0.2, 0.25) is 0 Å². The Morgan fingerprint density at radius 1 is 1.61 bits per heavy atom. The highest BCUT2D eigenvalue weighted by Crippen LogP contribution is 2.34. The third-order valence-corrected chi connectivity index (χ3v) is 4.89. The number of hydrogen-bond donors (Lipinski definition) is 1. The van der Waals surface area contributed by atoms with Crippen LogP contribution in [0.1, 0.15) is 36.2 Å². The van der Waals surface area contributed by atoms with Crippen LogP contribution in [0, 0.1) is 0 Å². The molecule has 2 rings (SSSR count). The number of ether oxygens (including phenoxy) is 1. The first kappa shape index (κ1) is 14.0. The largest absolute Gasteiger partial charge is 0.383 e. The highest BCUT2D eigenvalue weighted by atomic mass is 32.1. The fourth-order valence-electron chi connectivity index (χ4n) is 2.92. The first-order valence-electron chi connectivity index (χ1n) is 6.79. The summed E-state index contributed by atoms with van der Waals surface area (Å²) in [5.41, 5.74) is 7.15. The van der Waals surface area contributed by atoms with Crippen molar-refractivity contribution < 1.29 is 4.74 Å². The van der Waals surface area contributed by atoms with E-state index in [-0.39, 0.29) is 0 Å². The van der Waals surface area contributed by atoms with Crippen molar-refractivity contribution in [2.24, 2.45) is 5.73 Å². The fourth-order valence-corrected chi connectivity index (χ4v) is 3.88. The lowest BCUT2D eigenvalue weighted by atomic mass is 9.98. The smallest absolute Gasteiger partial charge is 0.0618 e. The molecule has 1 aliphatic rings. The maximum Gasteiger partial charge on any atom is 0.0618 e. The summed E-state index contributed by atoms with van der Waals surface area (Å²) < 4.78 is 5.39. The number of fused-ring (bicyclic) bond motifs is 1. The zero-order valence-corrected chi connectivity index (χ0v) is 12.2. The van der Waals surface area contributed by atoms with Crippen LogP contribution in [0.25, 0.3) is 0 Å². The zero-order valence-electron chi connectivity index (χ0n) is 11.4. The van der Waals surface area contributed by atoms with E-state index in [0.29, 0.717) is 12.1 Å². The first-order valence-corrected chi connectivity index (χ1v) is 7.67. The maximum atomic E-state index is 5.64. The molecule has 0 aliphatic carbocycles. The molecule has 2 N–H and O–H groups in total. The number of nitrogens with two attached hydrogens (primary N) is 1. The summed E-state index contributed by atoms with van der Waals surface area (Å²) in [4.78, 5) is 4.16. The highest BCUT2D eigenvalue weighted by molar-refractivity contribution is 7.10. The van der Waals surface area contributed by atoms with Gasteiger partial charge < -0.3 is 10.5 Å². The summed E-state index contributed by atoms with van der Waals surface area (Å²) in [6.45, 7) is 5.04. The molecular weight excluding hydrogens is 244 g/mol. The minimum Gasteiger partial charge on any atom is -0.383 e. The van der Waals surface area contributed by atoms with Gasteiger partial charge in [-0.2, -0.15) is 0 Å². The molecule has 2 heterocycles. The van der Waals surface area contributed by atoms with Gasteiger partial charge in [-0.25, -0.2) is 0 Å². The zero-order chi connectivity index (χ0) is 13.0. The number of rotatable bonds is 6. The van der Waals surface area contributed by atoms with E-state index in [0.717, 1.165) is 32.5 Å². The summed E-state index contributed by atoms with van der Waals surface area (Å²) in [7, 11) is 1.79. The van der Waals surface area contributed by atoms with E-state index < -0.39 is 0 Å². The Kier molecular flexibility index (Phi) is 5.18. The van der Waals surface area contributed by atoms with Crippen LogP contribution >= 0.6 is 11.3 Å². The Morgan fingerprint density at radius 2 is 2.44 bits per heavy atom. The van der Waals surface area contributed by atoms with E-state index in [4.69, 9.17) is 10.5 Å². The average Bonchev–Trinajstić information content (AvgIpc) is 2.84. The standard InChI is InChI=1S/C14H24N2OS/c1-11-13-6-9-18-14(13)5-8-16(11)12(10-17-2)4-3-7-15/h6,9,11-12H,3-5,7-8,10,15H2,1-2H3. The third-order valence-electron chi connectivity index (χ3n) is 3.89. The molecule has 4 heteroatoms. The van der Waals surface area contributed by atoms with Crippen molar-refractivity contribution in [1.29, 1.82) is 0 Å². The molecule has 1 aromatic rings. The summed E-state index contributed by atoms with van der Waals surface area (Å²) in [5.74, 6) is 0. The van der Waals surface area contributed by atoms with Gasteiger partial charge in [0.1, 0.15) is 0 Å². The predicted molar refractivity (Wildman–Crippen MR) is 77.1 cm³/mol. The van der Waals surface area contributed by atoms with Crippen LogP contribution in [-0.2, 0) is 11.2 Å². The molecule has 1 aliphatic heterocycles. The molecule has 0 fully saturated rings. The molecule has 0 bridgehead atoms. The average molecular weight is 268 g/mol. The summed E-state index contributed by atoms with van der Waals surface area (Å²) in [6, 6.07) is 3.29. The molecular formula is C14H24N2OS. The highest BCUT2D eigenvalue weighted by Gasteiger charge is 2.29. The molecule has 3 nitrogen and oxygen atoms in total. The minimum atomic E-state index is 0.501. The predicted octanol–water partition coefficient (Wildman–Crippen LogP) is 2.42. The van der Waals surface area contributed by atoms with E-state index in [1.54, 1.807) is 12.0 Å². The Morgan fingerprint density at radius 3 is 3.17 bits per heavy atom. The number of methoxy groups -OCH3 is 1. The first-order chi connectivity index (χ1) is 8.77. The molecule has 2 atom stereocenters. The van der Waals surface area contributed by atoms with Crippen LogP contribution in [0.3, 0.4) is 0 Å². The number of thiophene rings is 1. The van der Waals surface area contributed by atoms with Crippen molar-refractivity contribution >= 4 is 11.3 Å². The Bertz CT molecular complexity index is 366. The second-order valence-electron chi connectivity index (χ2n) is 5.00. The monoisotopic (exact) mass is 268 g/mol. The molecule has 0 saturated carbocycles. The van der Waals surface area contributed by atoms with Crippen LogP contribution in [0.5, 0.6) is 0 Å². The normalized spacial score (nSPS) is 21.8. The number of hydrogen-bond acceptors (Lipinski definition) is 4. The van der Waals surface area contributed by atoms with Crippen molar-refractivity contribution in [2.75, 3.05) is 26.8 Å². The van der Waals surface area contributed by atoms with Crippen molar-refractivity contribution in [3.05, 3.63) is 21.9 Å². The molecule has 18 heavy (non-hydrogen) atoms. The van der Waals surface area contributed by atoms with Gasteiger partial charge in [0.15, 0.2) is 0 Å². The Labute approximate surface area is 114 Å². The van der Waals surface area contributed by atoms with E-state index >= 15 is 0 Å². The van der Waals surface area contributed by atoms with Gasteiger partial charge in [0.25, 0.3) is 0 Å². The molecule has 0 aromatic carbocycles. The maximum absolute atomic E-state index is 5.64. The molecule has 0 saturated heterocycles. The van der Waals surface area contributed by atoms with Gasteiger partial charge in [-0.1, -0.05) is 0 Å². The quantitative estimate of drug-likeness (QED) is 0.861. The molecule has 2 unspecified atom stereocenters. The minimum absolute atomic E-state index is 0.501. The Hall–Kier alpha value is -0.420. The molecule has 0 amide bonds. The molecule has 0 spiro atoms. The van der Waals surface area contributed by atoms with E-state index in [1.165, 1.54) is 12.0 Å². The van der Waals surface area contributed by atoms with Crippen LogP contribution in [0.15, 0.2) is 11.4 Å². The van der Waals surface area contributed by atoms with Gasteiger partial charge in [-0.3, -0.25) is 4.90 Å². The lowest BCUT2D eigenvalue weighted by molar-refractivity contribution is 0.0550. The lowest BCUT2D eigenvalue weighted by Gasteiger charge is -2.39. The molecule has 1 aromatic heterocycles. The van der Waals surface area contributed by atoms with E-state index in [2.05, 4.69) is 23.3 Å². The molecule has 0 radical (unpaired) electrons. The summed E-state index contributed by atoms with van der Waals surface area (Å²) in [5, 5.41) is 2.22. The van der Waals surface area contributed by atoms with Crippen molar-refractivity contribution in [1.82, 2.24) is 4.90 Å². The van der Waals surface area contributed by atoms with Crippen LogP contribution < -0.4 is 5.73 Å².